The first-order chi connectivity index (χ1) is 24.0. The number of amidine groups is 1. The molecule has 0 spiro atoms. The lowest BCUT2D eigenvalue weighted by molar-refractivity contribution is 0.646. The number of aromatic nitrogens is 1. The molecule has 0 amide bonds. The van der Waals surface area contributed by atoms with Crippen molar-refractivity contribution in [2.45, 2.75) is 45.4 Å². The Bertz CT molecular complexity index is 2510. The quantitative estimate of drug-likeness (QED) is 0.139. The average molecular weight is 669 g/mol. The van der Waals surface area contributed by atoms with Gasteiger partial charge in [-0.1, -0.05) is 147 Å². The highest BCUT2D eigenvalue weighted by Gasteiger charge is 2.42. The van der Waals surface area contributed by atoms with Crippen LogP contribution in [0.5, 0.6) is 0 Å². The highest BCUT2D eigenvalue weighted by molar-refractivity contribution is 8.05. The summed E-state index contributed by atoms with van der Waals surface area (Å²) in [7, 11) is 0. The predicted octanol–water partition coefficient (Wildman–Crippen LogP) is 11.3. The van der Waals surface area contributed by atoms with Gasteiger partial charge in [0.15, 0.2) is 5.84 Å². The van der Waals surface area contributed by atoms with Crippen molar-refractivity contribution in [1.29, 1.82) is 0 Å². The number of aliphatic imine (C=N–C) groups is 3. The maximum Gasteiger partial charge on any atom is 0.236 e. The van der Waals surface area contributed by atoms with Crippen LogP contribution in [0.4, 0.5) is 0 Å². The SMILES string of the molecule is C=NC(=NC(=NCc1ccccc1)c1ccccc1)n1c2ccccc2c2ccc3c(c21)C(C)(C)c1c-3ccc2c1Sc1ccccc1S2. The molecule has 236 valence electrons. The van der Waals surface area contributed by atoms with E-state index in [4.69, 9.17) is 9.98 Å². The number of para-hydroxylation sites is 1. The summed E-state index contributed by atoms with van der Waals surface area (Å²) < 4.78 is 2.22. The number of nitrogens with zero attached hydrogens (tertiary/aromatic N) is 4. The summed E-state index contributed by atoms with van der Waals surface area (Å²) in [4.78, 5) is 20.2. The van der Waals surface area contributed by atoms with Gasteiger partial charge in [0.2, 0.25) is 5.96 Å². The minimum Gasteiger partial charge on any atom is -0.278 e. The monoisotopic (exact) mass is 668 g/mol. The molecule has 0 fully saturated rings. The van der Waals surface area contributed by atoms with Crippen LogP contribution in [0, 0.1) is 0 Å². The third kappa shape index (κ3) is 4.81. The maximum absolute atomic E-state index is 5.23. The summed E-state index contributed by atoms with van der Waals surface area (Å²) in [5.74, 6) is 1.12. The summed E-state index contributed by atoms with van der Waals surface area (Å²) in [6, 6.07) is 46.9. The molecule has 9 rings (SSSR count). The van der Waals surface area contributed by atoms with E-state index in [0.29, 0.717) is 18.3 Å². The Hall–Kier alpha value is -5.17. The Balaban J connectivity index is 1.28. The van der Waals surface area contributed by atoms with Crippen molar-refractivity contribution in [2.75, 3.05) is 0 Å². The molecular formula is C43H32N4S2. The molecule has 0 bridgehead atoms. The molecule has 49 heavy (non-hydrogen) atoms. The van der Waals surface area contributed by atoms with E-state index in [1.54, 1.807) is 0 Å². The highest BCUT2D eigenvalue weighted by atomic mass is 32.2. The van der Waals surface area contributed by atoms with Gasteiger partial charge in [-0.25, -0.2) is 4.99 Å². The van der Waals surface area contributed by atoms with Crippen LogP contribution in [-0.4, -0.2) is 23.1 Å². The van der Waals surface area contributed by atoms with Gasteiger partial charge in [-0.2, -0.15) is 4.99 Å². The molecule has 0 unspecified atom stereocenters. The molecule has 6 aromatic carbocycles. The van der Waals surface area contributed by atoms with Gasteiger partial charge < -0.3 is 0 Å². The second-order valence-corrected chi connectivity index (χ2v) is 15.0. The van der Waals surface area contributed by atoms with E-state index in [2.05, 4.69) is 115 Å². The molecule has 2 heterocycles. The largest absolute Gasteiger partial charge is 0.278 e. The van der Waals surface area contributed by atoms with Gasteiger partial charge in [-0.15, -0.1) is 0 Å². The summed E-state index contributed by atoms with van der Waals surface area (Å²) >= 11 is 3.77. The van der Waals surface area contributed by atoms with Crippen molar-refractivity contribution in [3.05, 3.63) is 156 Å². The summed E-state index contributed by atoms with van der Waals surface area (Å²) in [6.07, 6.45) is 0. The van der Waals surface area contributed by atoms with Crippen LogP contribution in [0.3, 0.4) is 0 Å². The molecule has 6 heteroatoms. The summed E-state index contributed by atoms with van der Waals surface area (Å²) in [6.45, 7) is 9.34. The third-order valence-corrected chi connectivity index (χ3v) is 12.2. The van der Waals surface area contributed by atoms with E-state index in [1.807, 2.05) is 72.1 Å². The third-order valence-electron chi connectivity index (χ3n) is 9.61. The van der Waals surface area contributed by atoms with Crippen LogP contribution in [0.1, 0.15) is 36.1 Å². The van der Waals surface area contributed by atoms with Crippen molar-refractivity contribution in [3.8, 4) is 11.1 Å². The molecule has 1 aliphatic heterocycles. The Labute approximate surface area is 294 Å². The molecule has 1 aliphatic carbocycles. The first kappa shape index (κ1) is 29.9. The smallest absolute Gasteiger partial charge is 0.236 e. The van der Waals surface area contributed by atoms with E-state index in [-0.39, 0.29) is 5.41 Å². The second kappa shape index (κ2) is 11.8. The molecule has 0 saturated heterocycles. The molecule has 0 N–H and O–H groups in total. The molecule has 2 aliphatic rings. The van der Waals surface area contributed by atoms with Crippen molar-refractivity contribution >= 4 is 63.8 Å². The molecule has 0 atom stereocenters. The van der Waals surface area contributed by atoms with Gasteiger partial charge in [0.05, 0.1) is 17.6 Å². The zero-order chi connectivity index (χ0) is 33.1. The fourth-order valence-corrected chi connectivity index (χ4v) is 10.0. The molecule has 7 aromatic rings. The highest BCUT2D eigenvalue weighted by Crippen LogP contribution is 2.60. The normalized spacial score (nSPS) is 14.7. The lowest BCUT2D eigenvalue weighted by Crippen LogP contribution is -2.20. The number of benzene rings is 6. The maximum atomic E-state index is 5.23. The number of hydrogen-bond donors (Lipinski definition) is 0. The van der Waals surface area contributed by atoms with E-state index >= 15 is 0 Å². The Morgan fingerprint density at radius 3 is 2.08 bits per heavy atom. The Morgan fingerprint density at radius 2 is 1.31 bits per heavy atom. The van der Waals surface area contributed by atoms with E-state index in [1.165, 1.54) is 47.2 Å². The minimum atomic E-state index is -0.294. The van der Waals surface area contributed by atoms with Crippen molar-refractivity contribution in [1.82, 2.24) is 4.57 Å². The topological polar surface area (TPSA) is 42.0 Å². The van der Waals surface area contributed by atoms with Crippen LogP contribution < -0.4 is 0 Å². The van der Waals surface area contributed by atoms with Crippen molar-refractivity contribution < 1.29 is 0 Å². The lowest BCUT2D eigenvalue weighted by atomic mass is 9.81. The van der Waals surface area contributed by atoms with Crippen LogP contribution in [0.15, 0.2) is 168 Å². The van der Waals surface area contributed by atoms with Gasteiger partial charge >= 0.3 is 0 Å². The van der Waals surface area contributed by atoms with E-state index in [9.17, 15) is 0 Å². The Morgan fingerprint density at radius 1 is 0.653 bits per heavy atom. The van der Waals surface area contributed by atoms with Crippen LogP contribution in [-0.2, 0) is 12.0 Å². The first-order valence-electron chi connectivity index (χ1n) is 16.4. The van der Waals surface area contributed by atoms with Gasteiger partial charge in [-0.3, -0.25) is 9.56 Å². The number of fused-ring (bicyclic) bond motifs is 10. The van der Waals surface area contributed by atoms with Gasteiger partial charge in [-0.05, 0) is 58.8 Å². The molecule has 1 aromatic heterocycles. The van der Waals surface area contributed by atoms with Crippen LogP contribution in [0.25, 0.3) is 32.9 Å². The second-order valence-electron chi connectivity index (χ2n) is 12.9. The van der Waals surface area contributed by atoms with Crippen molar-refractivity contribution in [3.63, 3.8) is 0 Å². The Kier molecular flexibility index (Phi) is 7.18. The summed E-state index contributed by atoms with van der Waals surface area (Å²) in [5, 5.41) is 2.34. The molecule has 0 radical (unpaired) electrons. The zero-order valence-electron chi connectivity index (χ0n) is 27.2. The number of rotatable bonds is 3. The van der Waals surface area contributed by atoms with Crippen LogP contribution in [0.2, 0.25) is 0 Å². The number of hydrogen-bond acceptors (Lipinski definition) is 3. The first-order valence-corrected chi connectivity index (χ1v) is 18.0. The summed E-state index contributed by atoms with van der Waals surface area (Å²) in [5.41, 5.74) is 9.14. The standard InChI is InChI=1S/C43H32N4S2/c1-43(2)37-30(31-24-25-36-40(38(31)43)49-35-21-13-12-20-34(35)48-36)22-23-32-29-18-10-11-19-33(29)47(39(32)37)42(44-3)46-41(28-16-8-5-9-17-28)45-26-27-14-6-4-7-15-27/h4-25H,3,26H2,1-2H3. The lowest BCUT2D eigenvalue weighted by Gasteiger charge is -2.28. The molecule has 0 saturated carbocycles. The van der Waals surface area contributed by atoms with Gasteiger partial charge in [0.25, 0.3) is 0 Å². The molecular weight excluding hydrogens is 637 g/mol. The van der Waals surface area contributed by atoms with Gasteiger partial charge in [0, 0.05) is 41.3 Å². The fraction of sp³-hybridized carbons (Fsp3) is 0.0930. The van der Waals surface area contributed by atoms with E-state index in [0.717, 1.165) is 27.5 Å². The predicted molar refractivity (Wildman–Crippen MR) is 207 cm³/mol. The van der Waals surface area contributed by atoms with Crippen molar-refractivity contribution in [2.24, 2.45) is 15.0 Å². The average Bonchev–Trinajstić information content (AvgIpc) is 3.60. The minimum absolute atomic E-state index is 0.294. The fourth-order valence-electron chi connectivity index (χ4n) is 7.46. The zero-order valence-corrected chi connectivity index (χ0v) is 28.9. The van der Waals surface area contributed by atoms with E-state index < -0.39 is 0 Å². The molecule has 4 nitrogen and oxygen atoms in total. The van der Waals surface area contributed by atoms with Gasteiger partial charge in [0.1, 0.15) is 0 Å². The van der Waals surface area contributed by atoms with Crippen LogP contribution >= 0.6 is 23.5 Å².